The fourth-order valence-electron chi connectivity index (χ4n) is 3.03. The highest BCUT2D eigenvalue weighted by atomic mass is 16.5. The third kappa shape index (κ3) is 3.67. The maximum atomic E-state index is 12.4. The fraction of sp³-hybridized carbons (Fsp3) is 0.316. The van der Waals surface area contributed by atoms with Gasteiger partial charge in [0.05, 0.1) is 12.6 Å². The van der Waals surface area contributed by atoms with E-state index >= 15 is 0 Å². The molecule has 3 aromatic rings. The molecular formula is C19H20N4O3. The van der Waals surface area contributed by atoms with E-state index in [0.717, 1.165) is 25.0 Å². The van der Waals surface area contributed by atoms with Crippen molar-refractivity contribution in [1.29, 1.82) is 0 Å². The Balaban J connectivity index is 1.42. The normalized spacial score (nSPS) is 16.7. The molecule has 0 spiro atoms. The van der Waals surface area contributed by atoms with Gasteiger partial charge in [0.25, 0.3) is 11.8 Å². The molecule has 2 aromatic heterocycles. The number of carbonyl (C=O) groups is 1. The van der Waals surface area contributed by atoms with Crippen LogP contribution in [0.25, 0.3) is 11.5 Å². The Labute approximate surface area is 151 Å². The zero-order chi connectivity index (χ0) is 17.8. The van der Waals surface area contributed by atoms with E-state index in [2.05, 4.69) is 15.5 Å². The van der Waals surface area contributed by atoms with Crippen molar-refractivity contribution in [3.8, 4) is 11.5 Å². The number of ether oxygens (including phenoxy) is 1. The average Bonchev–Trinajstić information content (AvgIpc) is 3.43. The minimum Gasteiger partial charge on any atom is -0.376 e. The molecule has 1 aliphatic heterocycles. The van der Waals surface area contributed by atoms with Gasteiger partial charge in [-0.15, -0.1) is 0 Å². The van der Waals surface area contributed by atoms with Gasteiger partial charge in [-0.25, -0.2) is 0 Å². The smallest absolute Gasteiger partial charge is 0.268 e. The molecular weight excluding hydrogens is 332 g/mol. The van der Waals surface area contributed by atoms with Crippen molar-refractivity contribution in [2.24, 2.45) is 0 Å². The van der Waals surface area contributed by atoms with E-state index in [9.17, 15) is 4.79 Å². The van der Waals surface area contributed by atoms with Crippen LogP contribution in [0, 0.1) is 0 Å². The molecule has 0 radical (unpaired) electrons. The summed E-state index contributed by atoms with van der Waals surface area (Å²) in [7, 11) is 0. The van der Waals surface area contributed by atoms with Crippen LogP contribution in [-0.2, 0) is 11.3 Å². The lowest BCUT2D eigenvalue weighted by Crippen LogP contribution is -2.33. The minimum absolute atomic E-state index is 0.119. The van der Waals surface area contributed by atoms with Gasteiger partial charge in [-0.1, -0.05) is 23.4 Å². The predicted octanol–water partition coefficient (Wildman–Crippen LogP) is 2.50. The van der Waals surface area contributed by atoms with Gasteiger partial charge in [-0.3, -0.25) is 4.79 Å². The van der Waals surface area contributed by atoms with Gasteiger partial charge in [0, 0.05) is 24.9 Å². The van der Waals surface area contributed by atoms with Crippen molar-refractivity contribution in [2.75, 3.05) is 13.2 Å². The predicted molar refractivity (Wildman–Crippen MR) is 94.6 cm³/mol. The average molecular weight is 352 g/mol. The van der Waals surface area contributed by atoms with Crippen molar-refractivity contribution in [2.45, 2.75) is 25.5 Å². The molecule has 0 unspecified atom stereocenters. The van der Waals surface area contributed by atoms with Crippen molar-refractivity contribution in [1.82, 2.24) is 20.0 Å². The maximum absolute atomic E-state index is 12.4. The Kier molecular flexibility index (Phi) is 4.79. The summed E-state index contributed by atoms with van der Waals surface area (Å²) < 4.78 is 12.7. The molecule has 7 nitrogen and oxygen atoms in total. The SMILES string of the molecule is O=C(NC[C@H]1CCCO1)c1cccn1Cc1noc(-c2ccccc2)n1. The summed E-state index contributed by atoms with van der Waals surface area (Å²) in [5, 5.41) is 6.95. The molecule has 0 saturated carbocycles. The summed E-state index contributed by atoms with van der Waals surface area (Å²) in [5.41, 5.74) is 1.43. The van der Waals surface area contributed by atoms with Crippen LogP contribution in [0.15, 0.2) is 53.2 Å². The van der Waals surface area contributed by atoms with Gasteiger partial charge in [-0.05, 0) is 37.1 Å². The number of hydrogen-bond donors (Lipinski definition) is 1. The molecule has 26 heavy (non-hydrogen) atoms. The number of benzene rings is 1. The van der Waals surface area contributed by atoms with Crippen molar-refractivity contribution >= 4 is 5.91 Å². The van der Waals surface area contributed by atoms with Crippen LogP contribution in [0.1, 0.15) is 29.2 Å². The van der Waals surface area contributed by atoms with Crippen molar-refractivity contribution in [3.63, 3.8) is 0 Å². The van der Waals surface area contributed by atoms with Gasteiger partial charge in [0.15, 0.2) is 5.82 Å². The zero-order valence-corrected chi connectivity index (χ0v) is 14.3. The van der Waals surface area contributed by atoms with E-state index in [1.165, 1.54) is 0 Å². The molecule has 7 heteroatoms. The Morgan fingerprint density at radius 1 is 1.23 bits per heavy atom. The summed E-state index contributed by atoms with van der Waals surface area (Å²) in [4.78, 5) is 16.9. The van der Waals surface area contributed by atoms with Gasteiger partial charge in [0.2, 0.25) is 0 Å². The number of amides is 1. The van der Waals surface area contributed by atoms with E-state index in [1.807, 2.05) is 47.2 Å². The zero-order valence-electron chi connectivity index (χ0n) is 14.3. The molecule has 0 aliphatic carbocycles. The molecule has 1 saturated heterocycles. The summed E-state index contributed by atoms with van der Waals surface area (Å²) in [6, 6.07) is 13.2. The summed E-state index contributed by atoms with van der Waals surface area (Å²) in [6.07, 6.45) is 4.00. The van der Waals surface area contributed by atoms with Crippen LogP contribution >= 0.6 is 0 Å². The molecule has 3 heterocycles. The highest BCUT2D eigenvalue weighted by molar-refractivity contribution is 5.92. The van der Waals surface area contributed by atoms with E-state index in [-0.39, 0.29) is 12.0 Å². The first-order valence-electron chi connectivity index (χ1n) is 8.72. The number of nitrogens with zero attached hydrogens (tertiary/aromatic N) is 3. The Bertz CT molecular complexity index is 866. The van der Waals surface area contributed by atoms with Crippen molar-refractivity contribution < 1.29 is 14.1 Å². The summed E-state index contributed by atoms with van der Waals surface area (Å²) in [5.74, 6) is 0.864. The van der Waals surface area contributed by atoms with E-state index in [0.29, 0.717) is 30.5 Å². The first kappa shape index (κ1) is 16.5. The lowest BCUT2D eigenvalue weighted by Gasteiger charge is -2.12. The molecule has 4 rings (SSSR count). The highest BCUT2D eigenvalue weighted by Crippen LogP contribution is 2.17. The number of hydrogen-bond acceptors (Lipinski definition) is 5. The van der Waals surface area contributed by atoms with Gasteiger partial charge >= 0.3 is 0 Å². The van der Waals surface area contributed by atoms with Crippen LogP contribution in [0.5, 0.6) is 0 Å². The fourth-order valence-corrected chi connectivity index (χ4v) is 3.03. The second-order valence-electron chi connectivity index (χ2n) is 6.25. The number of aromatic nitrogens is 3. The van der Waals surface area contributed by atoms with E-state index in [4.69, 9.17) is 9.26 Å². The molecule has 1 aliphatic rings. The maximum Gasteiger partial charge on any atom is 0.268 e. The Morgan fingerprint density at radius 3 is 2.92 bits per heavy atom. The molecule has 1 N–H and O–H groups in total. The standard InChI is InChI=1S/C19H20N4O3/c24-18(20-12-15-8-5-11-25-15)16-9-4-10-23(16)13-17-21-19(26-22-17)14-6-2-1-3-7-14/h1-4,6-7,9-10,15H,5,8,11-13H2,(H,20,24)/t15-/m1/s1. The molecule has 1 amide bonds. The third-order valence-electron chi connectivity index (χ3n) is 4.38. The molecule has 1 aromatic carbocycles. The molecule has 1 fully saturated rings. The van der Waals surface area contributed by atoms with E-state index < -0.39 is 0 Å². The van der Waals surface area contributed by atoms with Crippen LogP contribution < -0.4 is 5.32 Å². The molecule has 1 atom stereocenters. The Morgan fingerprint density at radius 2 is 2.12 bits per heavy atom. The number of carbonyl (C=O) groups excluding carboxylic acids is 1. The van der Waals surface area contributed by atoms with Gasteiger partial charge in [-0.2, -0.15) is 4.98 Å². The lowest BCUT2D eigenvalue weighted by molar-refractivity contribution is 0.0850. The number of nitrogens with one attached hydrogen (secondary N) is 1. The van der Waals surface area contributed by atoms with Gasteiger partial charge in [0.1, 0.15) is 5.69 Å². The van der Waals surface area contributed by atoms with E-state index in [1.54, 1.807) is 6.07 Å². The van der Waals surface area contributed by atoms with Crippen molar-refractivity contribution in [3.05, 3.63) is 60.2 Å². The summed E-state index contributed by atoms with van der Waals surface area (Å²) >= 11 is 0. The summed E-state index contributed by atoms with van der Waals surface area (Å²) in [6.45, 7) is 1.68. The molecule has 134 valence electrons. The molecule has 0 bridgehead atoms. The topological polar surface area (TPSA) is 82.2 Å². The minimum atomic E-state index is -0.128. The Hall–Kier alpha value is -2.93. The quantitative estimate of drug-likeness (QED) is 0.737. The van der Waals surface area contributed by atoms with Crippen LogP contribution in [0.4, 0.5) is 0 Å². The van der Waals surface area contributed by atoms with Crippen LogP contribution in [0.3, 0.4) is 0 Å². The first-order valence-corrected chi connectivity index (χ1v) is 8.72. The highest BCUT2D eigenvalue weighted by Gasteiger charge is 2.18. The third-order valence-corrected chi connectivity index (χ3v) is 4.38. The first-order chi connectivity index (χ1) is 12.8. The number of rotatable bonds is 6. The monoisotopic (exact) mass is 352 g/mol. The van der Waals surface area contributed by atoms with Gasteiger partial charge < -0.3 is 19.1 Å². The largest absolute Gasteiger partial charge is 0.376 e. The second-order valence-corrected chi connectivity index (χ2v) is 6.25. The van der Waals surface area contributed by atoms with Crippen LogP contribution in [0.2, 0.25) is 0 Å². The second kappa shape index (κ2) is 7.53. The van der Waals surface area contributed by atoms with Crippen LogP contribution in [-0.4, -0.2) is 39.9 Å². The lowest BCUT2D eigenvalue weighted by atomic mass is 10.2.